The molecule has 1 atom stereocenters. The van der Waals surface area contributed by atoms with Gasteiger partial charge in [-0.2, -0.15) is 0 Å². The Morgan fingerprint density at radius 1 is 1.62 bits per heavy atom. The van der Waals surface area contributed by atoms with E-state index in [-0.39, 0.29) is 6.10 Å². The first kappa shape index (κ1) is 11.4. The Morgan fingerprint density at radius 2 is 2.44 bits per heavy atom. The number of nitrogens with one attached hydrogen (secondary N) is 1. The van der Waals surface area contributed by atoms with Crippen LogP contribution >= 0.6 is 0 Å². The molecule has 2 N–H and O–H groups in total. The second-order valence-corrected chi connectivity index (χ2v) is 4.11. The molecule has 1 aromatic heterocycles. The van der Waals surface area contributed by atoms with Crippen LogP contribution in [-0.4, -0.2) is 17.1 Å². The van der Waals surface area contributed by atoms with Gasteiger partial charge in [-0.3, -0.25) is 4.98 Å². The molecule has 0 bridgehead atoms. The fourth-order valence-electron chi connectivity index (χ4n) is 2.10. The van der Waals surface area contributed by atoms with Gasteiger partial charge in [-0.15, -0.1) is 0 Å². The summed E-state index contributed by atoms with van der Waals surface area (Å²) in [7, 11) is 1.84. The van der Waals surface area contributed by atoms with Gasteiger partial charge in [0.1, 0.15) is 5.75 Å². The molecular formula is C12H18N2O2. The van der Waals surface area contributed by atoms with Crippen molar-refractivity contribution >= 4 is 0 Å². The van der Waals surface area contributed by atoms with Crippen molar-refractivity contribution in [2.24, 2.45) is 0 Å². The second-order valence-electron chi connectivity index (χ2n) is 4.11. The van der Waals surface area contributed by atoms with E-state index in [4.69, 9.17) is 4.74 Å². The molecule has 1 aliphatic rings. The van der Waals surface area contributed by atoms with Crippen molar-refractivity contribution in [2.75, 3.05) is 7.05 Å². The lowest BCUT2D eigenvalue weighted by atomic mass is 10.0. The van der Waals surface area contributed by atoms with E-state index in [0.29, 0.717) is 24.6 Å². The topological polar surface area (TPSA) is 54.4 Å². The molecule has 2 heterocycles. The van der Waals surface area contributed by atoms with Crippen molar-refractivity contribution in [1.29, 1.82) is 0 Å². The summed E-state index contributed by atoms with van der Waals surface area (Å²) in [6.07, 6.45) is 4.01. The first-order valence-electron chi connectivity index (χ1n) is 5.73. The van der Waals surface area contributed by atoms with Crippen LogP contribution in [0.3, 0.4) is 0 Å². The Labute approximate surface area is 95.7 Å². The summed E-state index contributed by atoms with van der Waals surface area (Å²) in [5.41, 5.74) is 2.67. The predicted octanol–water partition coefficient (Wildman–Crippen LogP) is 1.88. The minimum Gasteiger partial charge on any atom is -0.506 e. The largest absolute Gasteiger partial charge is 0.506 e. The molecule has 88 valence electrons. The number of hydrogen-bond acceptors (Lipinski definition) is 4. The molecule has 2 rings (SSSR count). The highest BCUT2D eigenvalue weighted by atomic mass is 16.5. The Morgan fingerprint density at radius 3 is 3.12 bits per heavy atom. The van der Waals surface area contributed by atoms with Crippen LogP contribution in [0.25, 0.3) is 0 Å². The minimum absolute atomic E-state index is 0.113. The summed E-state index contributed by atoms with van der Waals surface area (Å²) in [5.74, 6) is 0.297. The molecule has 4 nitrogen and oxygen atoms in total. The lowest BCUT2D eigenvalue weighted by Gasteiger charge is -2.10. The van der Waals surface area contributed by atoms with Crippen LogP contribution < -0.4 is 5.32 Å². The Kier molecular flexibility index (Phi) is 3.41. The van der Waals surface area contributed by atoms with Crippen molar-refractivity contribution in [1.82, 2.24) is 10.3 Å². The zero-order valence-electron chi connectivity index (χ0n) is 9.79. The first-order chi connectivity index (χ1) is 7.77. The van der Waals surface area contributed by atoms with Gasteiger partial charge >= 0.3 is 0 Å². The summed E-state index contributed by atoms with van der Waals surface area (Å²) >= 11 is 0. The van der Waals surface area contributed by atoms with E-state index in [9.17, 15) is 5.11 Å². The van der Waals surface area contributed by atoms with Gasteiger partial charge < -0.3 is 15.2 Å². The van der Waals surface area contributed by atoms with Gasteiger partial charge in [0.05, 0.1) is 18.4 Å². The number of rotatable bonds is 4. The van der Waals surface area contributed by atoms with Crippen LogP contribution in [-0.2, 0) is 17.9 Å². The highest BCUT2D eigenvalue weighted by Crippen LogP contribution is 2.38. The number of hydrogen-bond donors (Lipinski definition) is 2. The van der Waals surface area contributed by atoms with Gasteiger partial charge in [-0.25, -0.2) is 0 Å². The Bertz CT molecular complexity index is 380. The zero-order chi connectivity index (χ0) is 11.5. The smallest absolute Gasteiger partial charge is 0.144 e. The van der Waals surface area contributed by atoms with E-state index in [2.05, 4.69) is 17.2 Å². The number of fused-ring (bicyclic) bond motifs is 1. The summed E-state index contributed by atoms with van der Waals surface area (Å²) < 4.78 is 5.66. The van der Waals surface area contributed by atoms with Crippen molar-refractivity contribution in [2.45, 2.75) is 39.0 Å². The molecule has 16 heavy (non-hydrogen) atoms. The van der Waals surface area contributed by atoms with Crippen molar-refractivity contribution in [3.8, 4) is 5.75 Å². The van der Waals surface area contributed by atoms with Crippen molar-refractivity contribution < 1.29 is 9.84 Å². The van der Waals surface area contributed by atoms with Gasteiger partial charge in [0.25, 0.3) is 0 Å². The number of nitrogens with zero attached hydrogens (tertiary/aromatic N) is 1. The van der Waals surface area contributed by atoms with E-state index in [1.54, 1.807) is 0 Å². The fraction of sp³-hybridized carbons (Fsp3) is 0.583. The molecule has 1 aliphatic heterocycles. The van der Waals surface area contributed by atoms with E-state index in [0.717, 1.165) is 24.0 Å². The third-order valence-electron chi connectivity index (χ3n) is 2.94. The summed E-state index contributed by atoms with van der Waals surface area (Å²) in [6.45, 7) is 3.21. The number of pyridine rings is 1. The number of ether oxygens (including phenoxy) is 1. The highest BCUT2D eigenvalue weighted by molar-refractivity contribution is 5.43. The maximum Gasteiger partial charge on any atom is 0.144 e. The van der Waals surface area contributed by atoms with Gasteiger partial charge in [-0.1, -0.05) is 13.3 Å². The van der Waals surface area contributed by atoms with Crippen LogP contribution in [0.4, 0.5) is 0 Å². The molecule has 0 fully saturated rings. The molecule has 4 heteroatoms. The number of aromatic nitrogens is 1. The summed E-state index contributed by atoms with van der Waals surface area (Å²) in [6, 6.07) is 0. The Balaban J connectivity index is 2.30. The molecule has 0 saturated carbocycles. The molecule has 0 saturated heterocycles. The first-order valence-corrected chi connectivity index (χ1v) is 5.73. The van der Waals surface area contributed by atoms with Gasteiger partial charge in [0, 0.05) is 23.9 Å². The zero-order valence-corrected chi connectivity index (χ0v) is 9.79. The van der Waals surface area contributed by atoms with E-state index in [1.807, 2.05) is 13.2 Å². The predicted molar refractivity (Wildman–Crippen MR) is 61.1 cm³/mol. The normalized spacial score (nSPS) is 18.8. The molecular weight excluding hydrogens is 204 g/mol. The van der Waals surface area contributed by atoms with Crippen molar-refractivity contribution in [3.05, 3.63) is 23.0 Å². The molecule has 1 unspecified atom stereocenters. The van der Waals surface area contributed by atoms with Gasteiger partial charge in [0.2, 0.25) is 0 Å². The van der Waals surface area contributed by atoms with E-state index in [1.165, 1.54) is 0 Å². The van der Waals surface area contributed by atoms with Crippen LogP contribution in [0.1, 0.15) is 42.7 Å². The molecule has 0 spiro atoms. The summed E-state index contributed by atoms with van der Waals surface area (Å²) in [4.78, 5) is 4.28. The molecule has 1 aromatic rings. The van der Waals surface area contributed by atoms with Crippen LogP contribution in [0.15, 0.2) is 6.20 Å². The third kappa shape index (κ3) is 1.90. The molecule has 0 radical (unpaired) electrons. The standard InChI is InChI=1S/C12H18N2O2/c1-3-4-11-8-5-14-10(6-13-2)12(15)9(8)7-16-11/h5,11,13,15H,3-4,6-7H2,1-2H3. The molecule has 0 aromatic carbocycles. The lowest BCUT2D eigenvalue weighted by molar-refractivity contribution is 0.0591. The lowest BCUT2D eigenvalue weighted by Crippen LogP contribution is -2.08. The monoisotopic (exact) mass is 222 g/mol. The van der Waals surface area contributed by atoms with E-state index >= 15 is 0 Å². The van der Waals surface area contributed by atoms with Gasteiger partial charge in [-0.05, 0) is 13.5 Å². The molecule has 0 aliphatic carbocycles. The average Bonchev–Trinajstić information content (AvgIpc) is 2.67. The Hall–Kier alpha value is -1.13. The van der Waals surface area contributed by atoms with Crippen LogP contribution in [0.2, 0.25) is 0 Å². The SMILES string of the molecule is CCCC1OCc2c1cnc(CNC)c2O. The van der Waals surface area contributed by atoms with Crippen LogP contribution in [0, 0.1) is 0 Å². The minimum atomic E-state index is 0.113. The quantitative estimate of drug-likeness (QED) is 0.816. The van der Waals surface area contributed by atoms with Crippen LogP contribution in [0.5, 0.6) is 5.75 Å². The average molecular weight is 222 g/mol. The van der Waals surface area contributed by atoms with Crippen molar-refractivity contribution in [3.63, 3.8) is 0 Å². The highest BCUT2D eigenvalue weighted by Gasteiger charge is 2.26. The second kappa shape index (κ2) is 4.80. The summed E-state index contributed by atoms with van der Waals surface area (Å²) in [5, 5.41) is 13.0. The molecule has 0 amide bonds. The number of aromatic hydroxyl groups is 1. The third-order valence-corrected chi connectivity index (χ3v) is 2.94. The maximum atomic E-state index is 10.0. The van der Waals surface area contributed by atoms with Gasteiger partial charge in [0.15, 0.2) is 0 Å². The fourth-order valence-corrected chi connectivity index (χ4v) is 2.10. The maximum absolute atomic E-state index is 10.0. The van der Waals surface area contributed by atoms with E-state index < -0.39 is 0 Å².